The summed E-state index contributed by atoms with van der Waals surface area (Å²) in [5.74, 6) is 3.60. The zero-order valence-electron chi connectivity index (χ0n) is 17.4. The Kier molecular flexibility index (Phi) is 5.96. The smallest absolute Gasteiger partial charge is 0.00850 e. The molecule has 0 saturated heterocycles. The molecule has 5 atom stereocenters. The molecule has 0 spiro atoms. The van der Waals surface area contributed by atoms with E-state index in [1.54, 1.807) is 11.1 Å². The largest absolute Gasteiger partial charge is 0.0848 e. The van der Waals surface area contributed by atoms with Gasteiger partial charge in [0.25, 0.3) is 0 Å². The number of hydrogen-bond donors (Lipinski definition) is 0. The van der Waals surface area contributed by atoms with Crippen molar-refractivity contribution < 1.29 is 0 Å². The van der Waals surface area contributed by atoms with Crippen LogP contribution in [0.15, 0.2) is 34.9 Å². The number of rotatable bonds is 2. The maximum atomic E-state index is 2.63. The van der Waals surface area contributed by atoms with E-state index in [1.165, 1.54) is 57.8 Å². The van der Waals surface area contributed by atoms with Gasteiger partial charge in [-0.15, -0.1) is 0 Å². The van der Waals surface area contributed by atoms with Crippen molar-refractivity contribution in [2.75, 3.05) is 0 Å². The van der Waals surface area contributed by atoms with E-state index in [1.807, 2.05) is 19.4 Å². The van der Waals surface area contributed by atoms with Crippen molar-refractivity contribution in [1.29, 1.82) is 0 Å². The molecule has 4 aliphatic rings. The standard InChI is InChI=1S/C23H34.C2H6/c1-4-5-6-18-9-12-22-21-11-8-17-15-16(2)7-10-19(17)20(21)13-14-23(18,22)3;1-2/h6,10,15-16,20-22H,4-5,7-9,11-14H2,1-3H3;1-2H3/b18-6-;/t16?,20?,21?,22?,23-;/m1./s1. The molecule has 3 fully saturated rings. The van der Waals surface area contributed by atoms with Gasteiger partial charge in [0.15, 0.2) is 0 Å². The number of hydrogen-bond acceptors (Lipinski definition) is 0. The maximum Gasteiger partial charge on any atom is -0.00850 e. The number of fused-ring (bicyclic) bond motifs is 5. The predicted octanol–water partition coefficient (Wildman–Crippen LogP) is 7.87. The summed E-state index contributed by atoms with van der Waals surface area (Å²) in [4.78, 5) is 0. The van der Waals surface area contributed by atoms with Gasteiger partial charge in [-0.05, 0) is 91.6 Å². The molecular weight excluding hydrogens is 300 g/mol. The van der Waals surface area contributed by atoms with Gasteiger partial charge in [-0.2, -0.15) is 0 Å². The molecule has 0 radical (unpaired) electrons. The molecule has 140 valence electrons. The van der Waals surface area contributed by atoms with E-state index in [9.17, 15) is 0 Å². The van der Waals surface area contributed by atoms with E-state index in [0.29, 0.717) is 5.41 Å². The third-order valence-electron chi connectivity index (χ3n) is 7.68. The van der Waals surface area contributed by atoms with Gasteiger partial charge in [0.1, 0.15) is 0 Å². The summed E-state index contributed by atoms with van der Waals surface area (Å²) in [6, 6.07) is 0. The van der Waals surface area contributed by atoms with E-state index in [-0.39, 0.29) is 0 Å². The summed E-state index contributed by atoms with van der Waals surface area (Å²) < 4.78 is 0. The molecule has 0 bridgehead atoms. The van der Waals surface area contributed by atoms with Crippen molar-refractivity contribution in [3.8, 4) is 0 Å². The van der Waals surface area contributed by atoms with Gasteiger partial charge < -0.3 is 0 Å². The van der Waals surface area contributed by atoms with E-state index in [4.69, 9.17) is 0 Å². The predicted molar refractivity (Wildman–Crippen MR) is 111 cm³/mol. The SMILES string of the molecule is CC.CCC/C=C1/CCC2C3CCC4=CC(C)CC=C4C3CC[C@]12C. The zero-order chi connectivity index (χ0) is 18.0. The lowest BCUT2D eigenvalue weighted by Crippen LogP contribution is -2.42. The summed E-state index contributed by atoms with van der Waals surface area (Å²) >= 11 is 0. The fraction of sp³-hybridized carbons (Fsp3) is 0.760. The third-order valence-corrected chi connectivity index (χ3v) is 7.68. The van der Waals surface area contributed by atoms with Crippen LogP contribution in [0.3, 0.4) is 0 Å². The lowest BCUT2D eigenvalue weighted by atomic mass is 9.54. The average Bonchev–Trinajstić information content (AvgIpc) is 2.97. The Balaban J connectivity index is 0.000000880. The number of unbranched alkanes of at least 4 members (excludes halogenated alkanes) is 1. The van der Waals surface area contributed by atoms with Crippen LogP contribution in [-0.4, -0.2) is 0 Å². The fourth-order valence-corrected chi connectivity index (χ4v) is 6.47. The van der Waals surface area contributed by atoms with Crippen LogP contribution >= 0.6 is 0 Å². The van der Waals surface area contributed by atoms with Gasteiger partial charge in [0.05, 0.1) is 0 Å². The molecule has 0 N–H and O–H groups in total. The van der Waals surface area contributed by atoms with Crippen LogP contribution in [0.5, 0.6) is 0 Å². The molecule has 0 heteroatoms. The van der Waals surface area contributed by atoms with E-state index >= 15 is 0 Å². The van der Waals surface area contributed by atoms with Crippen LogP contribution in [0, 0.1) is 29.1 Å². The summed E-state index contributed by atoms with van der Waals surface area (Å²) in [6.07, 6.45) is 20.3. The first-order valence-corrected chi connectivity index (χ1v) is 11.2. The molecule has 0 aromatic carbocycles. The quantitative estimate of drug-likeness (QED) is 0.449. The van der Waals surface area contributed by atoms with Gasteiger partial charge in [-0.25, -0.2) is 0 Å². The first-order valence-electron chi connectivity index (χ1n) is 11.2. The highest BCUT2D eigenvalue weighted by atomic mass is 14.6. The second-order valence-electron chi connectivity index (χ2n) is 8.99. The molecule has 0 heterocycles. The lowest BCUT2D eigenvalue weighted by molar-refractivity contribution is 0.0631. The van der Waals surface area contributed by atoms with Crippen LogP contribution in [0.4, 0.5) is 0 Å². The summed E-state index contributed by atoms with van der Waals surface area (Å²) in [5, 5.41) is 0. The third kappa shape index (κ3) is 3.31. The molecule has 0 nitrogen and oxygen atoms in total. The lowest BCUT2D eigenvalue weighted by Gasteiger charge is -2.51. The second kappa shape index (κ2) is 7.85. The first-order chi connectivity index (χ1) is 12.1. The van der Waals surface area contributed by atoms with Crippen molar-refractivity contribution >= 4 is 0 Å². The zero-order valence-corrected chi connectivity index (χ0v) is 17.4. The van der Waals surface area contributed by atoms with Gasteiger partial charge in [0, 0.05) is 0 Å². The van der Waals surface area contributed by atoms with E-state index in [2.05, 4.69) is 39.0 Å². The minimum absolute atomic E-state index is 0.542. The molecule has 4 rings (SSSR count). The van der Waals surface area contributed by atoms with Crippen molar-refractivity contribution in [1.82, 2.24) is 0 Å². The van der Waals surface area contributed by atoms with Crippen LogP contribution in [-0.2, 0) is 0 Å². The van der Waals surface area contributed by atoms with Gasteiger partial charge in [0.2, 0.25) is 0 Å². The molecular formula is C25H40. The Hall–Kier alpha value is -0.780. The van der Waals surface area contributed by atoms with Gasteiger partial charge in [-0.3, -0.25) is 0 Å². The van der Waals surface area contributed by atoms with Crippen LogP contribution in [0.2, 0.25) is 0 Å². The normalized spacial score (nSPS) is 40.9. The Morgan fingerprint density at radius 2 is 1.96 bits per heavy atom. The molecule has 3 saturated carbocycles. The Bertz CT molecular complexity index is 561. The highest BCUT2D eigenvalue weighted by molar-refractivity contribution is 5.40. The van der Waals surface area contributed by atoms with Crippen LogP contribution < -0.4 is 0 Å². The molecule has 0 aromatic rings. The average molecular weight is 341 g/mol. The molecule has 4 aliphatic carbocycles. The Morgan fingerprint density at radius 1 is 1.16 bits per heavy atom. The summed E-state index contributed by atoms with van der Waals surface area (Å²) in [7, 11) is 0. The minimum atomic E-state index is 0.542. The molecule has 0 aliphatic heterocycles. The van der Waals surface area contributed by atoms with Gasteiger partial charge in [-0.1, -0.05) is 64.8 Å². The van der Waals surface area contributed by atoms with E-state index < -0.39 is 0 Å². The van der Waals surface area contributed by atoms with Crippen molar-refractivity contribution in [3.63, 3.8) is 0 Å². The van der Waals surface area contributed by atoms with Crippen LogP contribution in [0.25, 0.3) is 0 Å². The van der Waals surface area contributed by atoms with Crippen molar-refractivity contribution in [3.05, 3.63) is 34.9 Å². The van der Waals surface area contributed by atoms with E-state index in [0.717, 1.165) is 23.7 Å². The maximum absolute atomic E-state index is 2.63. The van der Waals surface area contributed by atoms with Crippen LogP contribution in [0.1, 0.15) is 92.4 Å². The van der Waals surface area contributed by atoms with Crippen molar-refractivity contribution in [2.24, 2.45) is 29.1 Å². The molecule has 25 heavy (non-hydrogen) atoms. The van der Waals surface area contributed by atoms with Crippen molar-refractivity contribution in [2.45, 2.75) is 92.4 Å². The summed E-state index contributed by atoms with van der Waals surface area (Å²) in [6.45, 7) is 11.3. The first kappa shape index (κ1) is 19.0. The molecule has 0 aromatic heterocycles. The Morgan fingerprint density at radius 3 is 2.72 bits per heavy atom. The highest BCUT2D eigenvalue weighted by Crippen LogP contribution is 2.63. The van der Waals surface area contributed by atoms with Gasteiger partial charge >= 0.3 is 0 Å². The summed E-state index contributed by atoms with van der Waals surface area (Å²) in [5.41, 5.74) is 5.89. The topological polar surface area (TPSA) is 0 Å². The minimum Gasteiger partial charge on any atom is -0.0848 e. The Labute approximate surface area is 156 Å². The second-order valence-corrected chi connectivity index (χ2v) is 8.99. The highest BCUT2D eigenvalue weighted by Gasteiger charge is 2.52. The molecule has 0 amide bonds. The number of allylic oxidation sites excluding steroid dienone is 6. The monoisotopic (exact) mass is 340 g/mol. The fourth-order valence-electron chi connectivity index (χ4n) is 6.47. The molecule has 4 unspecified atom stereocenters.